The fraction of sp³-hybridized carbons (Fsp3) is 0.917. The molecule has 1 unspecified atom stereocenters. The summed E-state index contributed by atoms with van der Waals surface area (Å²) in [5.74, 6) is 0. The van der Waals surface area contributed by atoms with Gasteiger partial charge in [-0.15, -0.1) is 0 Å². The van der Waals surface area contributed by atoms with Crippen LogP contribution in [-0.2, 0) is 9.47 Å². The van der Waals surface area contributed by atoms with Crippen molar-refractivity contribution in [1.82, 2.24) is 4.90 Å². The van der Waals surface area contributed by atoms with Crippen molar-refractivity contribution < 1.29 is 14.3 Å². The van der Waals surface area contributed by atoms with Crippen LogP contribution in [0.3, 0.4) is 0 Å². The summed E-state index contributed by atoms with van der Waals surface area (Å²) in [6.45, 7) is 7.06. The number of hydrogen-bond acceptors (Lipinski definition) is 3. The van der Waals surface area contributed by atoms with E-state index >= 15 is 0 Å². The fourth-order valence-corrected chi connectivity index (χ4v) is 1.59. The number of carbonyl (C=O) groups is 1. The molecular weight excluding hydrogens is 206 g/mol. The van der Waals surface area contributed by atoms with E-state index in [9.17, 15) is 4.79 Å². The van der Waals surface area contributed by atoms with Crippen molar-refractivity contribution in [3.8, 4) is 0 Å². The topological polar surface area (TPSA) is 42.1 Å². The second-order valence-corrected chi connectivity index (χ2v) is 4.20. The zero-order valence-electron chi connectivity index (χ0n) is 10.4. The molecule has 0 aromatic rings. The van der Waals surface area contributed by atoms with Crippen LogP contribution >= 0.6 is 0 Å². The van der Waals surface area contributed by atoms with Crippen molar-refractivity contribution in [2.24, 2.45) is 0 Å². The van der Waals surface area contributed by atoms with Gasteiger partial charge in [0.15, 0.2) is 0 Å². The third-order valence-electron chi connectivity index (χ3n) is 2.54. The van der Waals surface area contributed by atoms with Crippen LogP contribution in [0.2, 0.25) is 0 Å². The Morgan fingerprint density at radius 3 is 2.69 bits per heavy atom. The molecule has 94 valence electrons. The molecule has 1 aliphatic rings. The lowest BCUT2D eigenvalue weighted by Crippen LogP contribution is -2.33. The van der Waals surface area contributed by atoms with Crippen molar-refractivity contribution in [3.63, 3.8) is 0 Å². The molecule has 0 saturated carbocycles. The molecule has 0 spiro atoms. The van der Waals surface area contributed by atoms with E-state index in [1.54, 1.807) is 4.90 Å². The molecule has 1 fully saturated rings. The van der Waals surface area contributed by atoms with Gasteiger partial charge >= 0.3 is 6.09 Å². The molecular formula is C12H23NO3. The Morgan fingerprint density at radius 2 is 2.12 bits per heavy atom. The summed E-state index contributed by atoms with van der Waals surface area (Å²) in [5.41, 5.74) is 0. The summed E-state index contributed by atoms with van der Waals surface area (Å²) in [6, 6.07) is 0. The largest absolute Gasteiger partial charge is 0.449 e. The molecule has 1 atom stereocenters. The summed E-state index contributed by atoms with van der Waals surface area (Å²) in [7, 11) is 0. The van der Waals surface area contributed by atoms with E-state index in [1.807, 2.05) is 6.92 Å². The lowest BCUT2D eigenvalue weighted by molar-refractivity contribution is 0.101. The molecule has 0 N–H and O–H groups in total. The number of carbonyl (C=O) groups excluding carboxylic acids is 1. The molecule has 4 heteroatoms. The highest BCUT2D eigenvalue weighted by Gasteiger charge is 2.22. The first-order chi connectivity index (χ1) is 7.77. The van der Waals surface area contributed by atoms with Crippen LogP contribution in [0.15, 0.2) is 0 Å². The zero-order valence-corrected chi connectivity index (χ0v) is 10.4. The van der Waals surface area contributed by atoms with Gasteiger partial charge < -0.3 is 14.4 Å². The molecule has 0 aromatic carbocycles. The molecule has 0 radical (unpaired) electrons. The van der Waals surface area contributed by atoms with Crippen molar-refractivity contribution in [1.29, 1.82) is 0 Å². The zero-order chi connectivity index (χ0) is 11.8. The number of hydrogen-bond donors (Lipinski definition) is 0. The van der Waals surface area contributed by atoms with Gasteiger partial charge in [-0.1, -0.05) is 13.8 Å². The molecule has 0 aromatic heterocycles. The Kier molecular flexibility index (Phi) is 6.23. The van der Waals surface area contributed by atoms with Gasteiger partial charge in [0, 0.05) is 13.1 Å². The minimum absolute atomic E-state index is 0.166. The maximum absolute atomic E-state index is 11.7. The first kappa shape index (κ1) is 13.3. The summed E-state index contributed by atoms with van der Waals surface area (Å²) >= 11 is 0. The highest BCUT2D eigenvalue weighted by molar-refractivity contribution is 5.67. The van der Waals surface area contributed by atoms with E-state index in [0.29, 0.717) is 12.7 Å². The van der Waals surface area contributed by atoms with Gasteiger partial charge in [0.05, 0.1) is 19.3 Å². The van der Waals surface area contributed by atoms with Crippen LogP contribution in [0, 0.1) is 0 Å². The highest BCUT2D eigenvalue weighted by Crippen LogP contribution is 2.15. The maximum atomic E-state index is 11.7. The molecule has 0 bridgehead atoms. The number of amides is 1. The Hall–Kier alpha value is -0.770. The van der Waals surface area contributed by atoms with Crippen molar-refractivity contribution >= 4 is 6.09 Å². The van der Waals surface area contributed by atoms with Gasteiger partial charge in [-0.3, -0.25) is 0 Å². The van der Waals surface area contributed by atoms with Crippen LogP contribution in [0.4, 0.5) is 4.79 Å². The molecule has 1 saturated heterocycles. The second-order valence-electron chi connectivity index (χ2n) is 4.20. The lowest BCUT2D eigenvalue weighted by atomic mass is 10.2. The molecule has 1 aliphatic heterocycles. The summed E-state index contributed by atoms with van der Waals surface area (Å²) in [6.07, 6.45) is 4.20. The molecule has 16 heavy (non-hydrogen) atoms. The Bertz CT molecular complexity index is 204. The van der Waals surface area contributed by atoms with E-state index in [2.05, 4.69) is 6.92 Å². The van der Waals surface area contributed by atoms with E-state index in [4.69, 9.17) is 9.47 Å². The Labute approximate surface area is 97.9 Å². The summed E-state index contributed by atoms with van der Waals surface area (Å²) < 4.78 is 10.3. The van der Waals surface area contributed by atoms with E-state index < -0.39 is 0 Å². The van der Waals surface area contributed by atoms with Crippen LogP contribution < -0.4 is 0 Å². The number of nitrogens with zero attached hydrogens (tertiary/aromatic N) is 1. The maximum Gasteiger partial charge on any atom is 0.409 e. The predicted molar refractivity (Wildman–Crippen MR) is 62.5 cm³/mol. The minimum atomic E-state index is -0.166. The number of rotatable bonds is 8. The second kappa shape index (κ2) is 7.49. The SMILES string of the molecule is CCCOC(=O)N(CCC)CCCC1CO1. The van der Waals surface area contributed by atoms with Gasteiger partial charge in [-0.05, 0) is 25.7 Å². The van der Waals surface area contributed by atoms with Gasteiger partial charge in [0.2, 0.25) is 0 Å². The van der Waals surface area contributed by atoms with E-state index in [0.717, 1.165) is 45.4 Å². The van der Waals surface area contributed by atoms with E-state index in [1.165, 1.54) is 0 Å². The van der Waals surface area contributed by atoms with Crippen molar-refractivity contribution in [2.75, 3.05) is 26.3 Å². The van der Waals surface area contributed by atoms with Crippen molar-refractivity contribution in [2.45, 2.75) is 45.6 Å². The summed E-state index contributed by atoms with van der Waals surface area (Å²) in [4.78, 5) is 13.5. The number of epoxide rings is 1. The summed E-state index contributed by atoms with van der Waals surface area (Å²) in [5, 5.41) is 0. The molecule has 1 amide bonds. The van der Waals surface area contributed by atoms with Crippen LogP contribution in [0.25, 0.3) is 0 Å². The van der Waals surface area contributed by atoms with Crippen LogP contribution in [0.5, 0.6) is 0 Å². The van der Waals surface area contributed by atoms with Gasteiger partial charge in [0.1, 0.15) is 0 Å². The normalized spacial score (nSPS) is 18.2. The minimum Gasteiger partial charge on any atom is -0.449 e. The van der Waals surface area contributed by atoms with Crippen LogP contribution in [0.1, 0.15) is 39.5 Å². The molecule has 4 nitrogen and oxygen atoms in total. The van der Waals surface area contributed by atoms with E-state index in [-0.39, 0.29) is 6.09 Å². The predicted octanol–water partition coefficient (Wildman–Crippen LogP) is 2.42. The monoisotopic (exact) mass is 229 g/mol. The third kappa shape index (κ3) is 5.35. The first-order valence-electron chi connectivity index (χ1n) is 6.31. The smallest absolute Gasteiger partial charge is 0.409 e. The first-order valence-corrected chi connectivity index (χ1v) is 6.31. The average Bonchev–Trinajstić information content (AvgIpc) is 3.08. The quantitative estimate of drug-likeness (QED) is 0.600. The van der Waals surface area contributed by atoms with Gasteiger partial charge in [-0.2, -0.15) is 0 Å². The molecule has 0 aliphatic carbocycles. The standard InChI is InChI=1S/C12H23NO3/c1-3-7-13(12(14)15-9-4-2)8-5-6-11-10-16-11/h11H,3-10H2,1-2H3. The highest BCUT2D eigenvalue weighted by atomic mass is 16.6. The Morgan fingerprint density at radius 1 is 1.38 bits per heavy atom. The van der Waals surface area contributed by atoms with Gasteiger partial charge in [-0.25, -0.2) is 4.79 Å². The van der Waals surface area contributed by atoms with Crippen LogP contribution in [-0.4, -0.2) is 43.4 Å². The molecule has 1 rings (SSSR count). The van der Waals surface area contributed by atoms with Gasteiger partial charge in [0.25, 0.3) is 0 Å². The fourth-order valence-electron chi connectivity index (χ4n) is 1.59. The average molecular weight is 229 g/mol. The molecule has 1 heterocycles. The van der Waals surface area contributed by atoms with Crippen molar-refractivity contribution in [3.05, 3.63) is 0 Å². The Balaban J connectivity index is 2.17. The third-order valence-corrected chi connectivity index (χ3v) is 2.54. The number of ether oxygens (including phenoxy) is 2. The lowest BCUT2D eigenvalue weighted by Gasteiger charge is -2.21.